The van der Waals surface area contributed by atoms with Crippen molar-refractivity contribution >= 4 is 34.3 Å². The van der Waals surface area contributed by atoms with Crippen LogP contribution in [0, 0.1) is 17.2 Å². The number of nitriles is 1. The Kier molecular flexibility index (Phi) is 7.03. The maximum Gasteiger partial charge on any atom is 0.262 e. The van der Waals surface area contributed by atoms with Gasteiger partial charge in [0.2, 0.25) is 11.7 Å². The predicted octanol–water partition coefficient (Wildman–Crippen LogP) is 3.92. The molecule has 2 aromatic heterocycles. The molecule has 0 atom stereocenters. The smallest absolute Gasteiger partial charge is 0.262 e. The third-order valence-electron chi connectivity index (χ3n) is 6.29. The first-order valence-electron chi connectivity index (χ1n) is 11.7. The molecule has 0 unspecified atom stereocenters. The number of hydrogen-bond donors (Lipinski definition) is 1. The Bertz CT molecular complexity index is 1250. The molecule has 1 fully saturated rings. The van der Waals surface area contributed by atoms with Gasteiger partial charge in [0.25, 0.3) is 5.56 Å². The predicted molar refractivity (Wildman–Crippen MR) is 129 cm³/mol. The molecule has 0 bridgehead atoms. The Morgan fingerprint density at radius 3 is 2.64 bits per heavy atom. The molecule has 1 amide bonds. The van der Waals surface area contributed by atoms with Crippen molar-refractivity contribution in [2.24, 2.45) is 5.92 Å². The van der Waals surface area contributed by atoms with E-state index in [0.717, 1.165) is 37.6 Å². The standard InChI is InChI=1S/C24H30N6O2S/c1-17(2)11-14-29-21(32)18-9-5-6-10-19(18)30-22(29)27-28-23(30)33-15-20(31)26-24(16-25)12-7-3-4-8-13-24/h5-6,9-10,17H,3-4,7-8,11-15H2,1-2H3,(H,26,31). The number of carbonyl (C=O) groups is 1. The Balaban J connectivity index is 1.62. The Morgan fingerprint density at radius 2 is 1.94 bits per heavy atom. The number of benzene rings is 1. The molecular formula is C24H30N6O2S. The number of rotatable bonds is 7. The van der Waals surface area contributed by atoms with Crippen LogP contribution in [0.2, 0.25) is 0 Å². The lowest BCUT2D eigenvalue weighted by Gasteiger charge is -2.26. The van der Waals surface area contributed by atoms with Crippen LogP contribution in [0.3, 0.4) is 0 Å². The summed E-state index contributed by atoms with van der Waals surface area (Å²) in [7, 11) is 0. The van der Waals surface area contributed by atoms with Gasteiger partial charge >= 0.3 is 0 Å². The number of thioether (sulfide) groups is 1. The molecule has 1 aliphatic rings. The zero-order valence-electron chi connectivity index (χ0n) is 19.2. The van der Waals surface area contributed by atoms with E-state index in [-0.39, 0.29) is 17.2 Å². The monoisotopic (exact) mass is 466 g/mol. The van der Waals surface area contributed by atoms with Gasteiger partial charge in [-0.25, -0.2) is 0 Å². The van der Waals surface area contributed by atoms with E-state index < -0.39 is 5.54 Å². The van der Waals surface area contributed by atoms with Crippen molar-refractivity contribution in [2.45, 2.75) is 76.0 Å². The summed E-state index contributed by atoms with van der Waals surface area (Å²) in [6.45, 7) is 4.80. The summed E-state index contributed by atoms with van der Waals surface area (Å²) in [6.07, 6.45) is 6.35. The van der Waals surface area contributed by atoms with Crippen molar-refractivity contribution in [3.05, 3.63) is 34.6 Å². The molecule has 4 rings (SSSR count). The normalized spacial score (nSPS) is 16.1. The first-order chi connectivity index (χ1) is 15.9. The summed E-state index contributed by atoms with van der Waals surface area (Å²) in [4.78, 5) is 25.9. The van der Waals surface area contributed by atoms with E-state index in [1.54, 1.807) is 4.57 Å². The minimum absolute atomic E-state index is 0.0789. The number of hydrogen-bond acceptors (Lipinski definition) is 6. The molecule has 3 aromatic rings. The van der Waals surface area contributed by atoms with Gasteiger partial charge in [0.1, 0.15) is 5.54 Å². The minimum Gasteiger partial charge on any atom is -0.337 e. The molecule has 1 saturated carbocycles. The van der Waals surface area contributed by atoms with Crippen molar-refractivity contribution in [1.29, 1.82) is 5.26 Å². The molecule has 2 heterocycles. The van der Waals surface area contributed by atoms with Crippen molar-refractivity contribution in [3.63, 3.8) is 0 Å². The lowest BCUT2D eigenvalue weighted by molar-refractivity contribution is -0.120. The van der Waals surface area contributed by atoms with Crippen LogP contribution in [0.4, 0.5) is 0 Å². The maximum absolute atomic E-state index is 13.1. The molecule has 174 valence electrons. The second kappa shape index (κ2) is 9.96. The summed E-state index contributed by atoms with van der Waals surface area (Å²) in [5.41, 5.74) is -0.126. The number of nitrogens with one attached hydrogen (secondary N) is 1. The van der Waals surface area contributed by atoms with E-state index >= 15 is 0 Å². The SMILES string of the molecule is CC(C)CCn1c(=O)c2ccccc2n2c(SCC(=O)NC3(C#N)CCCCCC3)nnc12. The van der Waals surface area contributed by atoms with Crippen LogP contribution in [0.25, 0.3) is 16.7 Å². The van der Waals surface area contributed by atoms with E-state index in [2.05, 4.69) is 35.4 Å². The third kappa shape index (κ3) is 4.91. The highest BCUT2D eigenvalue weighted by Gasteiger charge is 2.32. The fourth-order valence-corrected chi connectivity index (χ4v) is 5.19. The molecule has 1 aliphatic carbocycles. The summed E-state index contributed by atoms with van der Waals surface area (Å²) < 4.78 is 3.54. The number of aryl methyl sites for hydroxylation is 1. The molecule has 33 heavy (non-hydrogen) atoms. The molecule has 0 saturated heterocycles. The van der Waals surface area contributed by atoms with E-state index in [1.807, 2.05) is 28.7 Å². The number of aromatic nitrogens is 4. The Morgan fingerprint density at radius 1 is 1.21 bits per heavy atom. The average molecular weight is 467 g/mol. The van der Waals surface area contributed by atoms with Crippen LogP contribution in [-0.4, -0.2) is 36.4 Å². The minimum atomic E-state index is -0.773. The fourth-order valence-electron chi connectivity index (χ4n) is 4.45. The lowest BCUT2D eigenvalue weighted by Crippen LogP contribution is -2.47. The first-order valence-corrected chi connectivity index (χ1v) is 12.6. The molecule has 0 spiro atoms. The van der Waals surface area contributed by atoms with E-state index in [0.29, 0.717) is 41.6 Å². The number of para-hydroxylation sites is 1. The van der Waals surface area contributed by atoms with Gasteiger partial charge < -0.3 is 5.32 Å². The van der Waals surface area contributed by atoms with Crippen molar-refractivity contribution in [3.8, 4) is 6.07 Å². The quantitative estimate of drug-likeness (QED) is 0.418. The van der Waals surface area contributed by atoms with Gasteiger partial charge in [0.05, 0.1) is 22.7 Å². The van der Waals surface area contributed by atoms with Crippen LogP contribution in [0.5, 0.6) is 0 Å². The van der Waals surface area contributed by atoms with Crippen molar-refractivity contribution in [1.82, 2.24) is 24.5 Å². The summed E-state index contributed by atoms with van der Waals surface area (Å²) in [5.74, 6) is 0.876. The third-order valence-corrected chi connectivity index (χ3v) is 7.22. The number of fused-ring (bicyclic) bond motifs is 3. The lowest BCUT2D eigenvalue weighted by atomic mass is 9.92. The second-order valence-corrected chi connectivity index (χ2v) is 10.2. The summed E-state index contributed by atoms with van der Waals surface area (Å²) >= 11 is 1.27. The van der Waals surface area contributed by atoms with Crippen LogP contribution in [0.15, 0.2) is 34.2 Å². The second-order valence-electron chi connectivity index (χ2n) is 9.22. The topological polar surface area (TPSA) is 105 Å². The van der Waals surface area contributed by atoms with E-state index in [1.165, 1.54) is 11.8 Å². The van der Waals surface area contributed by atoms with Gasteiger partial charge in [-0.2, -0.15) is 5.26 Å². The van der Waals surface area contributed by atoms with Crippen molar-refractivity contribution in [2.75, 3.05) is 5.75 Å². The Hall–Kier alpha value is -2.86. The van der Waals surface area contributed by atoms with Gasteiger partial charge in [-0.15, -0.1) is 10.2 Å². The van der Waals surface area contributed by atoms with Crippen LogP contribution < -0.4 is 10.9 Å². The number of nitrogens with zero attached hydrogens (tertiary/aromatic N) is 5. The molecule has 8 nitrogen and oxygen atoms in total. The zero-order valence-corrected chi connectivity index (χ0v) is 20.0. The van der Waals surface area contributed by atoms with Crippen molar-refractivity contribution < 1.29 is 4.79 Å². The molecule has 0 radical (unpaired) electrons. The maximum atomic E-state index is 13.1. The van der Waals surface area contributed by atoms with Gasteiger partial charge in [-0.1, -0.05) is 63.4 Å². The van der Waals surface area contributed by atoms with Crippen LogP contribution in [-0.2, 0) is 11.3 Å². The fraction of sp³-hybridized carbons (Fsp3) is 0.542. The molecule has 9 heteroatoms. The number of carbonyl (C=O) groups excluding carboxylic acids is 1. The molecule has 1 aromatic carbocycles. The van der Waals surface area contributed by atoms with Gasteiger partial charge in [0, 0.05) is 6.54 Å². The number of amides is 1. The highest BCUT2D eigenvalue weighted by molar-refractivity contribution is 7.99. The molecular weight excluding hydrogens is 436 g/mol. The van der Waals surface area contributed by atoms with Crippen LogP contribution >= 0.6 is 11.8 Å². The summed E-state index contributed by atoms with van der Waals surface area (Å²) in [5, 5.41) is 22.5. The highest BCUT2D eigenvalue weighted by Crippen LogP contribution is 2.27. The van der Waals surface area contributed by atoms with E-state index in [4.69, 9.17) is 0 Å². The largest absolute Gasteiger partial charge is 0.337 e. The molecule has 1 N–H and O–H groups in total. The zero-order chi connectivity index (χ0) is 23.4. The average Bonchev–Trinajstić information content (AvgIpc) is 3.09. The highest BCUT2D eigenvalue weighted by atomic mass is 32.2. The first kappa shape index (κ1) is 23.3. The summed E-state index contributed by atoms with van der Waals surface area (Å²) in [6, 6.07) is 9.77. The van der Waals surface area contributed by atoms with Gasteiger partial charge in [-0.05, 0) is 37.3 Å². The van der Waals surface area contributed by atoms with Gasteiger partial charge in [-0.3, -0.25) is 18.6 Å². The molecule has 0 aliphatic heterocycles. The Labute approximate surface area is 197 Å². The van der Waals surface area contributed by atoms with Gasteiger partial charge in [0.15, 0.2) is 5.16 Å². The van der Waals surface area contributed by atoms with E-state index in [9.17, 15) is 14.9 Å². The van der Waals surface area contributed by atoms with Crippen LogP contribution in [0.1, 0.15) is 58.8 Å².